The van der Waals surface area contributed by atoms with Crippen LogP contribution in [-0.4, -0.2) is 34.3 Å². The second-order valence-electron chi connectivity index (χ2n) is 8.16. The zero-order valence-electron chi connectivity index (χ0n) is 15.2. The average Bonchev–Trinajstić information content (AvgIpc) is 3.09. The number of aromatic nitrogens is 3. The summed E-state index contributed by atoms with van der Waals surface area (Å²) < 4.78 is 11.6. The molecule has 134 valence electrons. The zero-order chi connectivity index (χ0) is 17.4. The minimum absolute atomic E-state index is 0.150. The van der Waals surface area contributed by atoms with Crippen molar-refractivity contribution < 1.29 is 9.26 Å². The maximum absolute atomic E-state index is 6.17. The van der Waals surface area contributed by atoms with Crippen LogP contribution in [0.15, 0.2) is 16.8 Å². The first-order valence-corrected chi connectivity index (χ1v) is 9.21. The van der Waals surface area contributed by atoms with Crippen LogP contribution in [0.1, 0.15) is 63.8 Å². The quantitative estimate of drug-likeness (QED) is 0.897. The zero-order valence-corrected chi connectivity index (χ0v) is 15.2. The van der Waals surface area contributed by atoms with Crippen LogP contribution >= 0.6 is 0 Å². The van der Waals surface area contributed by atoms with E-state index in [9.17, 15) is 0 Å². The van der Waals surface area contributed by atoms with Crippen molar-refractivity contribution >= 4 is 0 Å². The van der Waals surface area contributed by atoms with Crippen LogP contribution in [0.25, 0.3) is 11.6 Å². The number of nitrogens with one attached hydrogen (secondary N) is 1. The lowest BCUT2D eigenvalue weighted by molar-refractivity contribution is 0.274. The summed E-state index contributed by atoms with van der Waals surface area (Å²) in [6, 6.07) is 2.40. The lowest BCUT2D eigenvalue weighted by Crippen LogP contribution is -2.28. The number of hydrogen-bond donors (Lipinski definition) is 1. The van der Waals surface area contributed by atoms with Gasteiger partial charge < -0.3 is 14.6 Å². The second-order valence-corrected chi connectivity index (χ2v) is 8.16. The van der Waals surface area contributed by atoms with Crippen molar-refractivity contribution in [2.75, 3.05) is 13.2 Å². The van der Waals surface area contributed by atoms with Crippen molar-refractivity contribution in [2.24, 2.45) is 0 Å². The maximum Gasteiger partial charge on any atom is 0.276 e. The van der Waals surface area contributed by atoms with E-state index < -0.39 is 0 Å². The summed E-state index contributed by atoms with van der Waals surface area (Å²) in [6.45, 7) is 7.97. The molecule has 6 nitrogen and oxygen atoms in total. The van der Waals surface area contributed by atoms with Gasteiger partial charge in [0.25, 0.3) is 5.89 Å². The van der Waals surface area contributed by atoms with Crippen LogP contribution in [0.3, 0.4) is 0 Å². The SMILES string of the molecule is CC(C)(C)c1noc(-c2cc(OC[C@@H]3CCCN3)c(C3CC3)cn2)n1. The summed E-state index contributed by atoms with van der Waals surface area (Å²) in [7, 11) is 0. The van der Waals surface area contributed by atoms with Gasteiger partial charge >= 0.3 is 0 Å². The Labute approximate surface area is 148 Å². The summed E-state index contributed by atoms with van der Waals surface area (Å²) in [5.41, 5.74) is 1.74. The smallest absolute Gasteiger partial charge is 0.276 e. The van der Waals surface area contributed by atoms with Crippen molar-refractivity contribution in [3.63, 3.8) is 0 Å². The summed E-state index contributed by atoms with van der Waals surface area (Å²) in [5, 5.41) is 7.57. The standard InChI is InChI=1S/C19H26N4O2/c1-19(2,3)18-22-17(25-23-18)15-9-16(14(10-21-15)12-6-7-12)24-11-13-5-4-8-20-13/h9-10,12-13,20H,4-8,11H2,1-3H3/t13-/m0/s1. The lowest BCUT2D eigenvalue weighted by Gasteiger charge is -2.15. The molecule has 4 rings (SSSR count). The molecule has 0 spiro atoms. The third-order valence-electron chi connectivity index (χ3n) is 4.83. The van der Waals surface area contributed by atoms with Crippen molar-refractivity contribution in [3.05, 3.63) is 23.7 Å². The molecular weight excluding hydrogens is 316 g/mol. The molecule has 0 aromatic carbocycles. The molecule has 1 atom stereocenters. The normalized spacial score (nSPS) is 20.8. The van der Waals surface area contributed by atoms with Crippen LogP contribution in [0.4, 0.5) is 0 Å². The predicted molar refractivity (Wildman–Crippen MR) is 94.7 cm³/mol. The van der Waals surface area contributed by atoms with Gasteiger partial charge in [0.05, 0.1) is 0 Å². The summed E-state index contributed by atoms with van der Waals surface area (Å²) in [4.78, 5) is 9.07. The highest BCUT2D eigenvalue weighted by Crippen LogP contribution is 2.44. The molecule has 6 heteroatoms. The highest BCUT2D eigenvalue weighted by atomic mass is 16.5. The largest absolute Gasteiger partial charge is 0.492 e. The molecule has 3 heterocycles. The Balaban J connectivity index is 1.58. The molecule has 2 aliphatic rings. The first-order valence-electron chi connectivity index (χ1n) is 9.21. The minimum atomic E-state index is -0.150. The number of ether oxygens (including phenoxy) is 1. The first-order chi connectivity index (χ1) is 12.0. The van der Waals surface area contributed by atoms with E-state index in [1.807, 2.05) is 12.3 Å². The monoisotopic (exact) mass is 342 g/mol. The van der Waals surface area contributed by atoms with Gasteiger partial charge in [-0.25, -0.2) is 0 Å². The van der Waals surface area contributed by atoms with Gasteiger partial charge in [-0.05, 0) is 38.1 Å². The van der Waals surface area contributed by atoms with Gasteiger partial charge in [0.2, 0.25) is 0 Å². The van der Waals surface area contributed by atoms with Gasteiger partial charge in [-0.15, -0.1) is 0 Å². The molecule has 25 heavy (non-hydrogen) atoms. The van der Waals surface area contributed by atoms with E-state index in [1.165, 1.54) is 31.2 Å². The highest BCUT2D eigenvalue weighted by Gasteiger charge is 2.29. The molecule has 0 amide bonds. The van der Waals surface area contributed by atoms with Crippen molar-refractivity contribution in [1.82, 2.24) is 20.4 Å². The predicted octanol–water partition coefficient (Wildman–Crippen LogP) is 3.44. The Morgan fingerprint density at radius 3 is 2.76 bits per heavy atom. The topological polar surface area (TPSA) is 73.1 Å². The molecule has 1 saturated heterocycles. The van der Waals surface area contributed by atoms with Crippen LogP contribution in [0.5, 0.6) is 5.75 Å². The number of pyridine rings is 1. The fourth-order valence-electron chi connectivity index (χ4n) is 3.11. The van der Waals surface area contributed by atoms with Gasteiger partial charge in [-0.3, -0.25) is 4.98 Å². The molecule has 1 saturated carbocycles. The summed E-state index contributed by atoms with van der Waals surface area (Å²) in [5.74, 6) is 2.64. The fourth-order valence-corrected chi connectivity index (χ4v) is 3.11. The average molecular weight is 342 g/mol. The van der Waals surface area contributed by atoms with Crippen molar-refractivity contribution in [3.8, 4) is 17.3 Å². The van der Waals surface area contributed by atoms with E-state index in [1.54, 1.807) is 0 Å². The molecular formula is C19H26N4O2. The molecule has 2 aromatic rings. The highest BCUT2D eigenvalue weighted by molar-refractivity contribution is 5.53. The van der Waals surface area contributed by atoms with Crippen LogP contribution in [0.2, 0.25) is 0 Å². The van der Waals surface area contributed by atoms with Gasteiger partial charge in [-0.2, -0.15) is 4.98 Å². The first kappa shape index (κ1) is 16.5. The Morgan fingerprint density at radius 1 is 1.28 bits per heavy atom. The Morgan fingerprint density at radius 2 is 2.12 bits per heavy atom. The molecule has 1 N–H and O–H groups in total. The van der Waals surface area contributed by atoms with Crippen molar-refractivity contribution in [1.29, 1.82) is 0 Å². The molecule has 2 aromatic heterocycles. The third kappa shape index (κ3) is 3.68. The molecule has 2 fully saturated rings. The Bertz CT molecular complexity index is 740. The molecule has 1 aliphatic heterocycles. The fraction of sp³-hybridized carbons (Fsp3) is 0.632. The number of rotatable bonds is 5. The second kappa shape index (κ2) is 6.41. The van der Waals surface area contributed by atoms with E-state index in [4.69, 9.17) is 9.26 Å². The van der Waals surface area contributed by atoms with Gasteiger partial charge in [0.1, 0.15) is 18.1 Å². The van der Waals surface area contributed by atoms with E-state index in [0.717, 1.165) is 12.3 Å². The van der Waals surface area contributed by atoms with E-state index in [2.05, 4.69) is 41.2 Å². The van der Waals surface area contributed by atoms with Crippen LogP contribution in [0, 0.1) is 0 Å². The van der Waals surface area contributed by atoms with E-state index in [0.29, 0.717) is 36.0 Å². The third-order valence-corrected chi connectivity index (χ3v) is 4.83. The lowest BCUT2D eigenvalue weighted by atomic mass is 9.96. The van der Waals surface area contributed by atoms with Gasteiger partial charge in [0, 0.05) is 29.3 Å². The van der Waals surface area contributed by atoms with Crippen LogP contribution in [-0.2, 0) is 5.41 Å². The number of hydrogen-bond acceptors (Lipinski definition) is 6. The summed E-state index contributed by atoms with van der Waals surface area (Å²) in [6.07, 6.45) is 6.75. The number of nitrogens with zero attached hydrogens (tertiary/aromatic N) is 3. The molecule has 0 bridgehead atoms. The Kier molecular flexibility index (Phi) is 4.23. The van der Waals surface area contributed by atoms with E-state index in [-0.39, 0.29) is 5.41 Å². The summed E-state index contributed by atoms with van der Waals surface area (Å²) >= 11 is 0. The van der Waals surface area contributed by atoms with Crippen molar-refractivity contribution in [2.45, 2.75) is 63.8 Å². The minimum Gasteiger partial charge on any atom is -0.492 e. The molecule has 1 aliphatic carbocycles. The van der Waals surface area contributed by atoms with Crippen LogP contribution < -0.4 is 10.1 Å². The maximum atomic E-state index is 6.17. The molecule has 0 unspecified atom stereocenters. The Hall–Kier alpha value is -1.95. The van der Waals surface area contributed by atoms with E-state index >= 15 is 0 Å². The molecule has 0 radical (unpaired) electrons. The van der Waals surface area contributed by atoms with Gasteiger partial charge in [-0.1, -0.05) is 25.9 Å². The van der Waals surface area contributed by atoms with Gasteiger partial charge in [0.15, 0.2) is 5.82 Å².